The molecule has 3 heterocycles. The number of aliphatic hydroxyl groups is 2. The first kappa shape index (κ1) is 19.2. The van der Waals surface area contributed by atoms with Crippen LogP contribution in [0.2, 0.25) is 0 Å². The van der Waals surface area contributed by atoms with Gasteiger partial charge in [0.05, 0.1) is 6.61 Å². The normalized spacial score (nSPS) is 17.0. The molecule has 8 nitrogen and oxygen atoms in total. The fraction of sp³-hybridized carbons (Fsp3) is 0.333. The molecule has 0 amide bonds. The number of anilines is 2. The third-order valence-corrected chi connectivity index (χ3v) is 5.46. The van der Waals surface area contributed by atoms with Gasteiger partial charge >= 0.3 is 0 Å². The van der Waals surface area contributed by atoms with Gasteiger partial charge in [0.2, 0.25) is 5.13 Å². The van der Waals surface area contributed by atoms with E-state index < -0.39 is 12.7 Å². The Hall–Kier alpha value is -2.14. The van der Waals surface area contributed by atoms with E-state index in [1.54, 1.807) is 6.20 Å². The van der Waals surface area contributed by atoms with Crippen LogP contribution in [0.3, 0.4) is 0 Å². The maximum atomic E-state index is 9.66. The first-order valence-electron chi connectivity index (χ1n) is 8.79. The van der Waals surface area contributed by atoms with Crippen molar-refractivity contribution < 1.29 is 14.9 Å². The quantitative estimate of drug-likeness (QED) is 0.509. The van der Waals surface area contributed by atoms with Crippen molar-refractivity contribution in [3.05, 3.63) is 52.1 Å². The number of halogens is 1. The van der Waals surface area contributed by atoms with Crippen LogP contribution < -0.4 is 10.1 Å². The molecule has 10 heteroatoms. The Labute approximate surface area is 174 Å². The van der Waals surface area contributed by atoms with Gasteiger partial charge in [-0.2, -0.15) is 4.37 Å². The molecule has 0 spiro atoms. The first-order chi connectivity index (χ1) is 13.6. The number of nitrogens with one attached hydrogen (secondary N) is 1. The summed E-state index contributed by atoms with van der Waals surface area (Å²) in [5.41, 5.74) is 2.17. The summed E-state index contributed by atoms with van der Waals surface area (Å²) in [5, 5.41) is 22.2. The Kier molecular flexibility index (Phi) is 5.81. The molecule has 3 aromatic rings. The predicted octanol–water partition coefficient (Wildman–Crippen LogP) is 3.32. The van der Waals surface area contributed by atoms with E-state index in [-0.39, 0.29) is 11.9 Å². The molecule has 0 fully saturated rings. The average Bonchev–Trinajstić information content (AvgIpc) is 3.18. The monoisotopic (exact) mass is 463 g/mol. The summed E-state index contributed by atoms with van der Waals surface area (Å²) in [6.45, 7) is -0.434. The molecule has 0 aromatic carbocycles. The van der Waals surface area contributed by atoms with E-state index >= 15 is 0 Å². The molecule has 3 aromatic heterocycles. The highest BCUT2D eigenvalue weighted by Gasteiger charge is 2.24. The van der Waals surface area contributed by atoms with Crippen LogP contribution >= 0.6 is 27.5 Å². The molecular weight excluding hydrogens is 446 g/mol. The molecule has 4 rings (SSSR count). The minimum absolute atomic E-state index is 0.102. The Morgan fingerprint density at radius 3 is 3.14 bits per heavy atom. The van der Waals surface area contributed by atoms with Crippen LogP contribution in [0.5, 0.6) is 5.75 Å². The number of hydrogen-bond donors (Lipinski definition) is 3. The van der Waals surface area contributed by atoms with Gasteiger partial charge in [0, 0.05) is 39.7 Å². The number of nitrogens with zero attached hydrogens (tertiary/aromatic N) is 4. The molecule has 0 saturated heterocycles. The van der Waals surface area contributed by atoms with Crippen LogP contribution in [-0.2, 0) is 6.42 Å². The zero-order valence-corrected chi connectivity index (χ0v) is 17.2. The number of pyridine rings is 2. The second-order valence-corrected chi connectivity index (χ2v) is 7.99. The Morgan fingerprint density at radius 2 is 2.29 bits per heavy atom. The average molecular weight is 464 g/mol. The van der Waals surface area contributed by atoms with E-state index in [4.69, 9.17) is 9.84 Å². The summed E-state index contributed by atoms with van der Waals surface area (Å²) in [4.78, 5) is 13.1. The standard InChI is InChI=1S/C18H18BrN5O3S/c19-10-7-15(27-14-5-1-4-12-11(14)3-2-6-20-12)17(21-8-10)23-18-22-16(24-28-18)13(26)9-25/h2-3,6-8,13-14,25-26H,1,4-5,9H2,(H,21,22,23,24). The summed E-state index contributed by atoms with van der Waals surface area (Å²) in [6.07, 6.45) is 5.13. The van der Waals surface area contributed by atoms with Crippen LogP contribution in [0.15, 0.2) is 35.1 Å². The number of hydrogen-bond acceptors (Lipinski definition) is 9. The van der Waals surface area contributed by atoms with Gasteiger partial charge < -0.3 is 20.3 Å². The van der Waals surface area contributed by atoms with Gasteiger partial charge in [0.15, 0.2) is 17.4 Å². The van der Waals surface area contributed by atoms with Gasteiger partial charge in [-0.1, -0.05) is 6.07 Å². The molecular formula is C18H18BrN5O3S. The highest BCUT2D eigenvalue weighted by molar-refractivity contribution is 9.10. The minimum Gasteiger partial charge on any atom is -0.482 e. The van der Waals surface area contributed by atoms with Crippen molar-refractivity contribution in [3.8, 4) is 5.75 Å². The van der Waals surface area contributed by atoms with E-state index in [9.17, 15) is 5.11 Å². The lowest BCUT2D eigenvalue weighted by molar-refractivity contribution is 0.0897. The second-order valence-electron chi connectivity index (χ2n) is 6.32. The highest BCUT2D eigenvalue weighted by atomic mass is 79.9. The number of rotatable bonds is 6. The zero-order valence-electron chi connectivity index (χ0n) is 14.7. The van der Waals surface area contributed by atoms with E-state index in [2.05, 4.69) is 46.6 Å². The molecule has 28 heavy (non-hydrogen) atoms. The van der Waals surface area contributed by atoms with Gasteiger partial charge in [-0.3, -0.25) is 4.98 Å². The van der Waals surface area contributed by atoms with Crippen molar-refractivity contribution in [2.75, 3.05) is 11.9 Å². The minimum atomic E-state index is -1.10. The van der Waals surface area contributed by atoms with Gasteiger partial charge in [0.1, 0.15) is 12.2 Å². The molecule has 2 atom stereocenters. The molecule has 0 bridgehead atoms. The summed E-state index contributed by atoms with van der Waals surface area (Å²) >= 11 is 4.52. The van der Waals surface area contributed by atoms with Crippen molar-refractivity contribution in [3.63, 3.8) is 0 Å². The maximum Gasteiger partial charge on any atom is 0.208 e. The van der Waals surface area contributed by atoms with Crippen LogP contribution in [0.25, 0.3) is 0 Å². The van der Waals surface area contributed by atoms with Gasteiger partial charge in [-0.15, -0.1) is 0 Å². The molecule has 0 radical (unpaired) electrons. The summed E-state index contributed by atoms with van der Waals surface area (Å²) in [7, 11) is 0. The largest absolute Gasteiger partial charge is 0.482 e. The SMILES string of the molecule is OCC(O)c1nsc(Nc2ncc(Br)cc2OC2CCCc3ncccc32)n1. The third-order valence-electron chi connectivity index (χ3n) is 4.38. The predicted molar refractivity (Wildman–Crippen MR) is 108 cm³/mol. The van der Waals surface area contributed by atoms with Crippen molar-refractivity contribution in [1.82, 2.24) is 19.3 Å². The van der Waals surface area contributed by atoms with Crippen LogP contribution in [0.1, 0.15) is 42.1 Å². The van der Waals surface area contributed by atoms with Crippen LogP contribution in [0, 0.1) is 0 Å². The van der Waals surface area contributed by atoms with Crippen molar-refractivity contribution >= 4 is 38.4 Å². The van der Waals surface area contributed by atoms with Crippen molar-refractivity contribution in [2.45, 2.75) is 31.5 Å². The van der Waals surface area contributed by atoms with Crippen molar-refractivity contribution in [2.24, 2.45) is 0 Å². The van der Waals surface area contributed by atoms with E-state index in [0.717, 1.165) is 46.5 Å². The van der Waals surface area contributed by atoms with Crippen molar-refractivity contribution in [1.29, 1.82) is 0 Å². The smallest absolute Gasteiger partial charge is 0.208 e. The molecule has 0 aliphatic heterocycles. The Bertz CT molecular complexity index is 970. The number of aryl methyl sites for hydroxylation is 1. The topological polar surface area (TPSA) is 113 Å². The van der Waals surface area contributed by atoms with E-state index in [1.807, 2.05) is 18.3 Å². The molecule has 146 valence electrons. The van der Waals surface area contributed by atoms with Gasteiger partial charge in [-0.25, -0.2) is 9.97 Å². The third kappa shape index (κ3) is 4.14. The lowest BCUT2D eigenvalue weighted by Crippen LogP contribution is -2.17. The lowest BCUT2D eigenvalue weighted by Gasteiger charge is -2.26. The van der Waals surface area contributed by atoms with Crippen LogP contribution in [-0.4, -0.2) is 36.1 Å². The van der Waals surface area contributed by atoms with E-state index in [1.165, 1.54) is 0 Å². The number of aromatic nitrogens is 4. The molecule has 2 unspecified atom stereocenters. The zero-order chi connectivity index (χ0) is 19.5. The lowest BCUT2D eigenvalue weighted by atomic mass is 9.93. The highest BCUT2D eigenvalue weighted by Crippen LogP contribution is 2.37. The second kappa shape index (κ2) is 8.48. The van der Waals surface area contributed by atoms with Crippen LogP contribution in [0.4, 0.5) is 10.9 Å². The summed E-state index contributed by atoms with van der Waals surface area (Å²) < 4.78 is 11.2. The Balaban J connectivity index is 1.58. The fourth-order valence-corrected chi connectivity index (χ4v) is 3.98. The molecule has 0 saturated carbocycles. The summed E-state index contributed by atoms with van der Waals surface area (Å²) in [6, 6.07) is 5.83. The Morgan fingerprint density at radius 1 is 1.39 bits per heavy atom. The van der Waals surface area contributed by atoms with Gasteiger partial charge in [-0.05, 0) is 47.3 Å². The first-order valence-corrected chi connectivity index (χ1v) is 10.4. The molecule has 1 aliphatic rings. The van der Waals surface area contributed by atoms with E-state index in [0.29, 0.717) is 16.7 Å². The van der Waals surface area contributed by atoms with Gasteiger partial charge in [0.25, 0.3) is 0 Å². The number of ether oxygens (including phenoxy) is 1. The fourth-order valence-electron chi connectivity index (χ4n) is 3.05. The molecule has 1 aliphatic carbocycles. The summed E-state index contributed by atoms with van der Waals surface area (Å²) in [5.74, 6) is 1.25. The maximum absolute atomic E-state index is 9.66. The number of fused-ring (bicyclic) bond motifs is 1. The number of aliphatic hydroxyl groups excluding tert-OH is 2. The molecule has 3 N–H and O–H groups in total.